The van der Waals surface area contributed by atoms with Crippen LogP contribution in [0.5, 0.6) is 5.75 Å². The van der Waals surface area contributed by atoms with Gasteiger partial charge in [-0.1, -0.05) is 22.0 Å². The Morgan fingerprint density at radius 1 is 1.24 bits per heavy atom. The summed E-state index contributed by atoms with van der Waals surface area (Å²) in [6.45, 7) is 6.49. The average Bonchev–Trinajstić information content (AvgIpc) is 2.34. The van der Waals surface area contributed by atoms with Crippen LogP contribution in [-0.4, -0.2) is 20.2 Å². The van der Waals surface area contributed by atoms with Gasteiger partial charge in [-0.05, 0) is 56.8 Å². The third-order valence-electron chi connectivity index (χ3n) is 3.57. The second-order valence-corrected chi connectivity index (χ2v) is 5.59. The molecule has 2 rings (SSSR count). The number of ether oxygens (including phenoxy) is 1. The van der Waals surface area contributed by atoms with Crippen molar-refractivity contribution in [1.82, 2.24) is 5.32 Å². The monoisotopic (exact) mass is 297 g/mol. The third-order valence-corrected chi connectivity index (χ3v) is 4.62. The third kappa shape index (κ3) is 2.50. The molecular weight excluding hydrogens is 278 g/mol. The van der Waals surface area contributed by atoms with Crippen LogP contribution < -0.4 is 10.1 Å². The van der Waals surface area contributed by atoms with E-state index in [1.54, 1.807) is 7.11 Å². The van der Waals surface area contributed by atoms with E-state index in [9.17, 15) is 0 Å². The van der Waals surface area contributed by atoms with Crippen molar-refractivity contribution in [3.8, 4) is 5.75 Å². The lowest BCUT2D eigenvalue weighted by molar-refractivity contribution is 0.388. The van der Waals surface area contributed by atoms with Gasteiger partial charge in [-0.2, -0.15) is 0 Å². The summed E-state index contributed by atoms with van der Waals surface area (Å²) in [5.74, 6) is 1.67. The topological polar surface area (TPSA) is 21.3 Å². The molecule has 0 bridgehead atoms. The highest BCUT2D eigenvalue weighted by molar-refractivity contribution is 9.10. The molecular formula is C14H20BrNO. The summed E-state index contributed by atoms with van der Waals surface area (Å²) in [5.41, 5.74) is 3.91. The molecule has 0 aromatic heterocycles. The van der Waals surface area contributed by atoms with Gasteiger partial charge in [-0.3, -0.25) is 0 Å². The van der Waals surface area contributed by atoms with Gasteiger partial charge in [0.15, 0.2) is 0 Å². The molecule has 0 radical (unpaired) electrons. The molecule has 3 heteroatoms. The number of rotatable bonds is 2. The molecule has 17 heavy (non-hydrogen) atoms. The Balaban J connectivity index is 2.48. The zero-order chi connectivity index (χ0) is 12.4. The second kappa shape index (κ2) is 5.40. The lowest BCUT2D eigenvalue weighted by atomic mass is 9.87. The highest BCUT2D eigenvalue weighted by atomic mass is 79.9. The van der Waals surface area contributed by atoms with Crippen LogP contribution in [0.3, 0.4) is 0 Å². The predicted octanol–water partition coefficient (Wildman–Crippen LogP) is 3.54. The fourth-order valence-corrected chi connectivity index (χ4v) is 3.34. The number of nitrogens with one attached hydrogen (secondary N) is 1. The summed E-state index contributed by atoms with van der Waals surface area (Å²) in [7, 11) is 1.77. The van der Waals surface area contributed by atoms with E-state index < -0.39 is 0 Å². The number of aryl methyl sites for hydroxylation is 2. The van der Waals surface area contributed by atoms with E-state index in [0.717, 1.165) is 18.8 Å². The number of halogens is 1. The van der Waals surface area contributed by atoms with Crippen molar-refractivity contribution in [2.45, 2.75) is 32.6 Å². The summed E-state index contributed by atoms with van der Waals surface area (Å²) in [4.78, 5) is 0. The van der Waals surface area contributed by atoms with Crippen molar-refractivity contribution in [3.05, 3.63) is 27.2 Å². The maximum absolute atomic E-state index is 5.61. The normalized spacial score (nSPS) is 17.2. The molecule has 1 fully saturated rings. The summed E-state index contributed by atoms with van der Waals surface area (Å²) in [5, 5.41) is 3.41. The van der Waals surface area contributed by atoms with Crippen molar-refractivity contribution in [3.63, 3.8) is 0 Å². The first-order chi connectivity index (χ1) is 8.15. The molecule has 1 heterocycles. The molecule has 1 aliphatic rings. The van der Waals surface area contributed by atoms with E-state index in [4.69, 9.17) is 4.74 Å². The minimum atomic E-state index is 0.610. The molecule has 0 amide bonds. The zero-order valence-corrected chi connectivity index (χ0v) is 12.4. The van der Waals surface area contributed by atoms with Gasteiger partial charge in [0.1, 0.15) is 5.75 Å². The van der Waals surface area contributed by atoms with Crippen LogP contribution in [0.25, 0.3) is 0 Å². The summed E-state index contributed by atoms with van der Waals surface area (Å²) in [6.07, 6.45) is 2.38. The maximum atomic E-state index is 5.61. The van der Waals surface area contributed by atoms with Crippen LogP contribution in [-0.2, 0) is 0 Å². The van der Waals surface area contributed by atoms with Crippen LogP contribution in [0.2, 0.25) is 0 Å². The van der Waals surface area contributed by atoms with Gasteiger partial charge in [0.25, 0.3) is 0 Å². The molecule has 0 atom stereocenters. The molecule has 0 spiro atoms. The van der Waals surface area contributed by atoms with E-state index >= 15 is 0 Å². The van der Waals surface area contributed by atoms with E-state index in [1.165, 1.54) is 34.0 Å². The summed E-state index contributed by atoms with van der Waals surface area (Å²) < 4.78 is 6.84. The van der Waals surface area contributed by atoms with E-state index in [-0.39, 0.29) is 0 Å². The van der Waals surface area contributed by atoms with Gasteiger partial charge >= 0.3 is 0 Å². The molecule has 1 saturated heterocycles. The van der Waals surface area contributed by atoms with E-state index in [2.05, 4.69) is 41.2 Å². The molecule has 0 aliphatic carbocycles. The molecule has 2 nitrogen and oxygen atoms in total. The first-order valence-electron chi connectivity index (χ1n) is 6.19. The fourth-order valence-electron chi connectivity index (χ4n) is 2.72. The minimum absolute atomic E-state index is 0.610. The highest BCUT2D eigenvalue weighted by Crippen LogP contribution is 2.41. The Hall–Kier alpha value is -0.540. The van der Waals surface area contributed by atoms with Gasteiger partial charge in [-0.15, -0.1) is 0 Å². The lowest BCUT2D eigenvalue weighted by Crippen LogP contribution is -2.27. The first kappa shape index (κ1) is 12.9. The molecule has 1 aromatic carbocycles. The Morgan fingerprint density at radius 3 is 2.47 bits per heavy atom. The Bertz CT molecular complexity index is 411. The molecule has 1 aromatic rings. The van der Waals surface area contributed by atoms with Gasteiger partial charge in [0.2, 0.25) is 0 Å². The smallest absolute Gasteiger partial charge is 0.126 e. The second-order valence-electron chi connectivity index (χ2n) is 4.80. The van der Waals surface area contributed by atoms with Crippen LogP contribution in [0.1, 0.15) is 35.4 Å². The fraction of sp³-hybridized carbons (Fsp3) is 0.571. The van der Waals surface area contributed by atoms with Crippen molar-refractivity contribution in [2.75, 3.05) is 20.2 Å². The maximum Gasteiger partial charge on any atom is 0.126 e. The quantitative estimate of drug-likeness (QED) is 0.901. The zero-order valence-electron chi connectivity index (χ0n) is 10.8. The minimum Gasteiger partial charge on any atom is -0.496 e. The van der Waals surface area contributed by atoms with Crippen molar-refractivity contribution >= 4 is 15.9 Å². The summed E-state index contributed by atoms with van der Waals surface area (Å²) >= 11 is 3.74. The predicted molar refractivity (Wildman–Crippen MR) is 75.0 cm³/mol. The van der Waals surface area contributed by atoms with Gasteiger partial charge in [0, 0.05) is 10.0 Å². The van der Waals surface area contributed by atoms with E-state index in [0.29, 0.717) is 5.92 Å². The Kier molecular flexibility index (Phi) is 4.10. The van der Waals surface area contributed by atoms with Crippen molar-refractivity contribution in [2.24, 2.45) is 0 Å². The first-order valence-corrected chi connectivity index (χ1v) is 6.98. The van der Waals surface area contributed by atoms with E-state index in [1.807, 2.05) is 0 Å². The largest absolute Gasteiger partial charge is 0.496 e. The van der Waals surface area contributed by atoms with Crippen LogP contribution >= 0.6 is 15.9 Å². The van der Waals surface area contributed by atoms with Crippen molar-refractivity contribution in [1.29, 1.82) is 0 Å². The van der Waals surface area contributed by atoms with Gasteiger partial charge in [0.05, 0.1) is 7.11 Å². The molecule has 1 aliphatic heterocycles. The number of methoxy groups -OCH3 is 1. The van der Waals surface area contributed by atoms with Crippen LogP contribution in [0, 0.1) is 13.8 Å². The van der Waals surface area contributed by atoms with Crippen LogP contribution in [0.15, 0.2) is 10.5 Å². The van der Waals surface area contributed by atoms with Crippen molar-refractivity contribution < 1.29 is 4.74 Å². The lowest BCUT2D eigenvalue weighted by Gasteiger charge is -2.27. The van der Waals surface area contributed by atoms with Gasteiger partial charge < -0.3 is 10.1 Å². The molecule has 1 N–H and O–H groups in total. The van der Waals surface area contributed by atoms with Crippen LogP contribution in [0.4, 0.5) is 0 Å². The summed E-state index contributed by atoms with van der Waals surface area (Å²) in [6, 6.07) is 2.19. The standard InChI is InChI=1S/C14H20BrNO/c1-9-8-10(2)14(17-3)12(13(9)15)11-4-6-16-7-5-11/h8,11,16H,4-7H2,1-3H3. The number of benzene rings is 1. The number of piperidine rings is 1. The average molecular weight is 298 g/mol. The number of hydrogen-bond donors (Lipinski definition) is 1. The Morgan fingerprint density at radius 2 is 1.88 bits per heavy atom. The Labute approximate surface area is 112 Å². The molecule has 0 unspecified atom stereocenters. The van der Waals surface area contributed by atoms with Gasteiger partial charge in [-0.25, -0.2) is 0 Å². The number of hydrogen-bond acceptors (Lipinski definition) is 2. The molecule has 94 valence electrons. The SMILES string of the molecule is COc1c(C)cc(C)c(Br)c1C1CCNCC1. The molecule has 0 saturated carbocycles. The highest BCUT2D eigenvalue weighted by Gasteiger charge is 2.23.